The van der Waals surface area contributed by atoms with E-state index in [1.165, 1.54) is 23.2 Å². The van der Waals surface area contributed by atoms with Crippen molar-refractivity contribution in [3.8, 4) is 5.88 Å². The molecule has 1 aliphatic rings. The van der Waals surface area contributed by atoms with Gasteiger partial charge in [0.2, 0.25) is 5.88 Å². The van der Waals surface area contributed by atoms with E-state index in [1.54, 1.807) is 37.1 Å². The van der Waals surface area contributed by atoms with E-state index < -0.39 is 24.0 Å². The fraction of sp³-hybridized carbons (Fsp3) is 0.409. The third kappa shape index (κ3) is 5.36. The van der Waals surface area contributed by atoms with Crippen LogP contribution in [0.25, 0.3) is 0 Å². The summed E-state index contributed by atoms with van der Waals surface area (Å²) in [6, 6.07) is 6.66. The Labute approximate surface area is 194 Å². The molecule has 2 heterocycles. The molecule has 0 radical (unpaired) electrons. The number of rotatable bonds is 5. The molecule has 0 saturated carbocycles. The van der Waals surface area contributed by atoms with Crippen LogP contribution in [0.5, 0.6) is 5.88 Å². The molecule has 8 nitrogen and oxygen atoms in total. The molecule has 3 amide bonds. The lowest BCUT2D eigenvalue weighted by Gasteiger charge is -2.37. The molecule has 0 fully saturated rings. The van der Waals surface area contributed by atoms with E-state index >= 15 is 0 Å². The molecule has 2 N–H and O–H groups in total. The smallest absolute Gasteiger partial charge is 0.321 e. The van der Waals surface area contributed by atoms with Crippen molar-refractivity contribution < 1.29 is 23.8 Å². The summed E-state index contributed by atoms with van der Waals surface area (Å²) in [7, 11) is 1.58. The number of anilines is 1. The molecule has 1 aliphatic heterocycles. The van der Waals surface area contributed by atoms with Gasteiger partial charge in [-0.15, -0.1) is 0 Å². The fourth-order valence-corrected chi connectivity index (χ4v) is 3.75. The van der Waals surface area contributed by atoms with Crippen molar-refractivity contribution in [2.75, 3.05) is 32.1 Å². The zero-order valence-corrected chi connectivity index (χ0v) is 19.7. The van der Waals surface area contributed by atoms with Gasteiger partial charge in [0.1, 0.15) is 17.5 Å². The van der Waals surface area contributed by atoms with Crippen LogP contribution in [0.4, 0.5) is 14.9 Å². The van der Waals surface area contributed by atoms with Crippen molar-refractivity contribution in [1.82, 2.24) is 14.8 Å². The number of aromatic nitrogens is 1. The van der Waals surface area contributed by atoms with Crippen LogP contribution in [-0.2, 0) is 0 Å². The molecule has 1 aromatic heterocycles. The van der Waals surface area contributed by atoms with Gasteiger partial charge in [-0.1, -0.05) is 19.1 Å². The molecular weight excluding hydrogens is 483 g/mol. The first-order valence-corrected chi connectivity index (χ1v) is 11.0. The van der Waals surface area contributed by atoms with E-state index in [0.717, 1.165) is 0 Å². The number of carbonyl (C=O) groups excluding carboxylic acids is 2. The van der Waals surface area contributed by atoms with Crippen LogP contribution in [0.1, 0.15) is 24.2 Å². The second-order valence-electron chi connectivity index (χ2n) is 7.92. The molecule has 0 saturated heterocycles. The quantitative estimate of drug-likeness (QED) is 0.645. The van der Waals surface area contributed by atoms with Crippen molar-refractivity contribution >= 4 is 33.6 Å². The van der Waals surface area contributed by atoms with Crippen LogP contribution in [-0.4, -0.2) is 70.7 Å². The Balaban J connectivity index is 1.83. The molecule has 0 aliphatic carbocycles. The number of carbonyl (C=O) groups is 2. The van der Waals surface area contributed by atoms with Gasteiger partial charge in [-0.05, 0) is 41.1 Å². The fourth-order valence-electron chi connectivity index (χ4n) is 3.42. The number of amides is 3. The minimum Gasteiger partial charge on any atom is -0.472 e. The van der Waals surface area contributed by atoms with Crippen molar-refractivity contribution in [2.45, 2.75) is 26.0 Å². The van der Waals surface area contributed by atoms with Gasteiger partial charge in [-0.25, -0.2) is 14.2 Å². The first-order valence-electron chi connectivity index (χ1n) is 10.2. The van der Waals surface area contributed by atoms with E-state index in [9.17, 15) is 19.1 Å². The number of nitrogens with one attached hydrogen (secondary N) is 1. The highest BCUT2D eigenvalue weighted by Crippen LogP contribution is 2.28. The Hall–Kier alpha value is -2.72. The Kier molecular flexibility index (Phi) is 7.68. The number of benzene rings is 1. The predicted molar refractivity (Wildman–Crippen MR) is 121 cm³/mol. The van der Waals surface area contributed by atoms with E-state index in [2.05, 4.69) is 26.2 Å². The molecule has 3 atom stereocenters. The molecule has 32 heavy (non-hydrogen) atoms. The van der Waals surface area contributed by atoms with Gasteiger partial charge in [0, 0.05) is 30.2 Å². The Morgan fingerprint density at radius 3 is 2.88 bits per heavy atom. The number of likely N-dealkylation sites (N-methyl/N-ethyl adjacent to an activating group) is 1. The summed E-state index contributed by atoms with van der Waals surface area (Å²) in [6.07, 6.45) is 1.03. The number of hydrogen-bond donors (Lipinski definition) is 2. The number of hydrogen-bond acceptors (Lipinski definition) is 5. The van der Waals surface area contributed by atoms with Gasteiger partial charge in [0.05, 0.1) is 24.9 Å². The van der Waals surface area contributed by atoms with Crippen LogP contribution >= 0.6 is 15.9 Å². The number of pyridine rings is 1. The third-order valence-corrected chi connectivity index (χ3v) is 5.84. The zero-order valence-electron chi connectivity index (χ0n) is 18.1. The summed E-state index contributed by atoms with van der Waals surface area (Å²) in [5.41, 5.74) is 0.358. The largest absolute Gasteiger partial charge is 0.472 e. The van der Waals surface area contributed by atoms with Gasteiger partial charge < -0.3 is 25.0 Å². The van der Waals surface area contributed by atoms with Crippen molar-refractivity contribution in [3.63, 3.8) is 0 Å². The first kappa shape index (κ1) is 23.9. The highest BCUT2D eigenvalue weighted by atomic mass is 79.9. The molecule has 0 unspecified atom stereocenters. The van der Waals surface area contributed by atoms with E-state index in [4.69, 9.17) is 4.74 Å². The SMILES string of the molecule is C[C@H](CO)N1C[C@H](C)[C@@H](CN(C)C(=O)Nc2ccccc2F)Oc2ncc(Br)cc2C1=O. The van der Waals surface area contributed by atoms with Crippen molar-refractivity contribution in [1.29, 1.82) is 0 Å². The molecular formula is C22H26BrFN4O4. The summed E-state index contributed by atoms with van der Waals surface area (Å²) in [5.74, 6) is -0.838. The van der Waals surface area contributed by atoms with Gasteiger partial charge in [0.15, 0.2) is 0 Å². The van der Waals surface area contributed by atoms with Crippen molar-refractivity contribution in [2.24, 2.45) is 5.92 Å². The Morgan fingerprint density at radius 2 is 2.19 bits per heavy atom. The molecule has 172 valence electrons. The molecule has 0 spiro atoms. The maximum atomic E-state index is 13.9. The summed E-state index contributed by atoms with van der Waals surface area (Å²) < 4.78 is 20.6. The lowest BCUT2D eigenvalue weighted by Crippen LogP contribution is -2.50. The van der Waals surface area contributed by atoms with Crippen LogP contribution in [0, 0.1) is 11.7 Å². The average molecular weight is 509 g/mol. The lowest BCUT2D eigenvalue weighted by atomic mass is 10.0. The van der Waals surface area contributed by atoms with Crippen molar-refractivity contribution in [3.05, 3.63) is 52.4 Å². The molecule has 10 heteroatoms. The van der Waals surface area contributed by atoms with E-state index in [1.807, 2.05) is 6.92 Å². The molecule has 1 aromatic carbocycles. The summed E-state index contributed by atoms with van der Waals surface area (Å²) >= 11 is 3.33. The normalized spacial score (nSPS) is 19.3. The third-order valence-electron chi connectivity index (χ3n) is 5.40. The minimum atomic E-state index is -0.527. The highest BCUT2D eigenvalue weighted by Gasteiger charge is 2.34. The Morgan fingerprint density at radius 1 is 1.47 bits per heavy atom. The first-order chi connectivity index (χ1) is 15.2. The van der Waals surface area contributed by atoms with Crippen LogP contribution in [0.3, 0.4) is 0 Å². The number of fused-ring (bicyclic) bond motifs is 1. The number of para-hydroxylation sites is 1. The monoisotopic (exact) mass is 508 g/mol. The van der Waals surface area contributed by atoms with E-state index in [0.29, 0.717) is 11.0 Å². The number of nitrogens with zero attached hydrogens (tertiary/aromatic N) is 3. The molecule has 0 bridgehead atoms. The maximum Gasteiger partial charge on any atom is 0.321 e. The second-order valence-corrected chi connectivity index (χ2v) is 8.84. The van der Waals surface area contributed by atoms with Gasteiger partial charge >= 0.3 is 6.03 Å². The molecule has 3 rings (SSSR count). The number of aliphatic hydroxyl groups excluding tert-OH is 1. The van der Waals surface area contributed by atoms with Crippen LogP contribution < -0.4 is 10.1 Å². The lowest BCUT2D eigenvalue weighted by molar-refractivity contribution is 0.0356. The maximum absolute atomic E-state index is 13.9. The van der Waals surface area contributed by atoms with E-state index in [-0.39, 0.29) is 42.1 Å². The van der Waals surface area contributed by atoms with Crippen LogP contribution in [0.15, 0.2) is 41.0 Å². The predicted octanol–water partition coefficient (Wildman–Crippen LogP) is 3.37. The average Bonchev–Trinajstić information content (AvgIpc) is 2.77. The second kappa shape index (κ2) is 10.3. The number of ether oxygens (including phenoxy) is 1. The van der Waals surface area contributed by atoms with Crippen LogP contribution in [0.2, 0.25) is 0 Å². The van der Waals surface area contributed by atoms with Gasteiger partial charge in [0.25, 0.3) is 5.91 Å². The summed E-state index contributed by atoms with van der Waals surface area (Å²) in [6.45, 7) is 3.97. The summed E-state index contributed by atoms with van der Waals surface area (Å²) in [4.78, 5) is 33.0. The van der Waals surface area contributed by atoms with Gasteiger partial charge in [-0.3, -0.25) is 4.79 Å². The minimum absolute atomic E-state index is 0.0846. The topological polar surface area (TPSA) is 95.0 Å². The zero-order chi connectivity index (χ0) is 23.4. The van der Waals surface area contributed by atoms with Gasteiger partial charge in [-0.2, -0.15) is 0 Å². The number of halogens is 2. The molecule has 2 aromatic rings. The number of aliphatic hydroxyl groups is 1. The number of urea groups is 1. The Bertz CT molecular complexity index is 992. The summed E-state index contributed by atoms with van der Waals surface area (Å²) in [5, 5.41) is 12.2. The highest BCUT2D eigenvalue weighted by molar-refractivity contribution is 9.10. The standard InChI is InChI=1S/C22H26BrFN4O4/c1-13-10-28(14(2)12-29)21(30)16-8-15(23)9-25-20(16)32-19(13)11-27(3)22(31)26-18-7-5-4-6-17(18)24/h4-9,13-14,19,29H,10-12H2,1-3H3,(H,26,31)/t13-,14+,19+/m0/s1.